The molecule has 0 bridgehead atoms. The number of carbonyl (C=O) groups is 13. The van der Waals surface area contributed by atoms with Crippen LogP contribution in [0.4, 0.5) is 39.8 Å². The molecule has 742 valence electrons. The van der Waals surface area contributed by atoms with Crippen LogP contribution in [0.15, 0.2) is 142 Å². The van der Waals surface area contributed by atoms with E-state index in [1.54, 1.807) is 7.05 Å². The molecule has 5 aromatic heterocycles. The Morgan fingerprint density at radius 3 is 1.05 bits per heavy atom. The van der Waals surface area contributed by atoms with Crippen LogP contribution in [0.1, 0.15) is 273 Å². The Bertz CT molecular complexity index is 8960. The molecule has 139 heavy (non-hydrogen) atoms. The lowest BCUT2D eigenvalue weighted by molar-refractivity contribution is -0.385. The molecule has 0 radical (unpaired) electrons. The molecule has 3 unspecified atom stereocenters. The summed E-state index contributed by atoms with van der Waals surface area (Å²) in [5, 5.41) is 38.6. The zero-order chi connectivity index (χ0) is 138. The topological polar surface area (TPSA) is 706 Å². The van der Waals surface area contributed by atoms with Gasteiger partial charge in [0.25, 0.3) is 39.3 Å². The van der Waals surface area contributed by atoms with Gasteiger partial charge in [-0.05, 0) is 123 Å². The number of anilines is 4. The average Bonchev–Trinajstić information content (AvgIpc) is 0.688. The maximum atomic E-state index is 13.4. The van der Waals surface area contributed by atoms with Gasteiger partial charge in [0.15, 0.2) is 54.2 Å². The van der Waals surface area contributed by atoms with E-state index in [1.165, 1.54) is 73.7 Å². The van der Waals surface area contributed by atoms with Crippen molar-refractivity contribution in [2.45, 2.75) is 219 Å². The van der Waals surface area contributed by atoms with Gasteiger partial charge in [-0.15, -0.1) is 0 Å². The molecule has 5 aliphatic rings. The lowest BCUT2D eigenvalue weighted by Gasteiger charge is -2.24. The summed E-state index contributed by atoms with van der Waals surface area (Å²) < 4.78 is 364. The van der Waals surface area contributed by atoms with Crippen molar-refractivity contribution in [1.29, 1.82) is 0 Å². The number of Topliss-reactive ketones (excluding diaryl/α,β-unsaturated/α-hetero) is 10. The number of carbonyl (C=O) groups excluding carboxylic acids is 12. The van der Waals surface area contributed by atoms with Crippen molar-refractivity contribution in [2.24, 2.45) is 10.5 Å². The number of carboxylic acids is 1. The number of nitro benzene ring substituents is 3. The van der Waals surface area contributed by atoms with E-state index in [4.69, 9.17) is 79.9 Å². The van der Waals surface area contributed by atoms with Gasteiger partial charge in [-0.3, -0.25) is 130 Å². The summed E-state index contributed by atoms with van der Waals surface area (Å²) in [6.07, 6.45) is -39.5. The number of hydrogen-bond acceptors (Lipinski definition) is 37. The first kappa shape index (κ1) is 63.2. The molecule has 0 spiro atoms. The van der Waals surface area contributed by atoms with Crippen LogP contribution in [-0.4, -0.2) is 152 Å². The first-order valence-corrected chi connectivity index (χ1v) is 36.5. The molecular formula is C93H113N18O27P. The first-order chi connectivity index (χ1) is 80.9. The highest BCUT2D eigenvalue weighted by Gasteiger charge is 2.36. The Hall–Kier alpha value is -16.2. The van der Waals surface area contributed by atoms with E-state index >= 15 is 0 Å². The maximum Gasteiger partial charge on any atom is 0.353 e. The van der Waals surface area contributed by atoms with E-state index in [0.717, 1.165) is 49.4 Å². The number of nitrogens with zero attached hydrogens (tertiary/aromatic N) is 13. The van der Waals surface area contributed by atoms with Crippen molar-refractivity contribution in [3.63, 3.8) is 0 Å². The third-order valence-corrected chi connectivity index (χ3v) is 16.9. The number of non-ortho nitro benzene ring substituents is 2. The normalized spacial score (nSPS) is 27.6. The SMILES string of the molecule is C.C.C.C.C.C.CN=P.Nc1cccc([N+](=O)[O-])c1C(=O)O.[2H]C([2H])([2H])C(=O)OC(C)=O.[2H]C([2H])([2H])c1nc2cccc([N+](=O)[O-])c2c(=O)n1C1([2H])C(=O)CC(=O)C([2H])([2H])C1([2H])[2H].[2H]C([2H])([2H])c1nc2cccc([N+](=O)[O-])c2c(=O)o1.[2H]C1([2H])C(=O)CC(=O)C([2H])(N)C1([2H])[2H].[2H]N([2H])c1cccc2nc(C([2H])([2H])[2H])n(C3([2H])C(=O)CC(=O)C([2H])([2H])C3([2H])[2H])c(=O)c12.[2H]N([2H])c1cccc2nc(C([2H])([2H])[2H])n([C@@]3([2H])C(=O)CC(=O)C([2H])([2H])C3([2H])[2H])c(=O)c12.[2H]N([2H])c1cccc2nc(C)n([C@]3([2H])C(=O)CC(=O)C([2H])([2H])C3([2H])[2H])c(=O)c12. The molecule has 0 saturated heterocycles. The van der Waals surface area contributed by atoms with Crippen molar-refractivity contribution in [2.75, 3.05) is 29.9 Å². The number of carboxylic acid groups (broad SMARTS) is 1. The van der Waals surface area contributed by atoms with Crippen LogP contribution in [0, 0.1) is 64.7 Å². The standard InChI is InChI=1S/C15H13N3O5.3C15H15N3O3.C9H6N2O4.C7H6N2O4.C6H9NO2.C4H6O3.CH4NP.6CH4/c1-8-16-10-3-2-4-12(18(22)23)14(10)15(21)17(8)11-6-5-9(19)7-13(11)20;3*1-8-17-11-4-2-3-10(16)14(11)15(21)18(8)12-6-5-9(19)7-13(12)20;1-5-10-6-3-2-4-7(11(13)14)8(6)9(12)15-5;8-4-2-1-3-5(9(12)13)6(4)7(10)11;7-5-2-1-4(8)3-6(5)9;1-3(5)7-4(2)6;1-2-3;;;;;;/h2-4,11H,5-7H2,1H3;3*2-4,12H,5-7,16H2,1H3;2-4H,1H3;1-3H,8H2,(H,10,11);5H,1-3,7H2;1-2H3;3H,1H3;6*1H4/t;2*12-;;;;;;;;;;;;/m.10............/s1/i1D3,5D2,6D2,11D;1D3,5D2,6D2,12D;5D2,6D2,12D;1D3,5D2,6D2,12D;1D3;;1D2,2D2,5D;1D3;;;;;;;/hD6. The summed E-state index contributed by atoms with van der Waals surface area (Å²) >= 11 is 0. The van der Waals surface area contributed by atoms with Gasteiger partial charge in [0, 0.05) is 143 Å². The summed E-state index contributed by atoms with van der Waals surface area (Å²) in [7, 11) is 4.47. The third kappa shape index (κ3) is 29.2. The largest absolute Gasteiger partial charge is 0.477 e. The van der Waals surface area contributed by atoms with Crippen LogP contribution in [0.3, 0.4) is 0 Å². The average molecular weight is 1990 g/mol. The molecule has 5 saturated carbocycles. The molecule has 6 aromatic carbocycles. The number of esters is 2. The number of nitro groups is 3. The first-order valence-electron chi connectivity index (χ1n) is 58.8. The highest BCUT2D eigenvalue weighted by molar-refractivity contribution is 7.03. The van der Waals surface area contributed by atoms with E-state index in [2.05, 4.69) is 47.9 Å². The van der Waals surface area contributed by atoms with Crippen LogP contribution in [0.5, 0.6) is 0 Å². The molecule has 0 amide bonds. The quantitative estimate of drug-likeness (QED) is 0.0175. The van der Waals surface area contributed by atoms with Crippen molar-refractivity contribution in [3.8, 4) is 0 Å². The number of benzene rings is 6. The second-order valence-corrected chi connectivity index (χ2v) is 26.2. The van der Waals surface area contributed by atoms with Crippen molar-refractivity contribution in [3.05, 3.63) is 226 Å². The summed E-state index contributed by atoms with van der Waals surface area (Å²) in [5.41, 5.74) is -0.532. The number of nitrogen functional groups attached to an aromatic ring is 4. The van der Waals surface area contributed by atoms with Crippen molar-refractivity contribution < 1.29 is 155 Å². The zero-order valence-electron chi connectivity index (χ0n) is 113. The molecule has 5 atom stereocenters. The Morgan fingerprint density at radius 1 is 0.453 bits per heavy atom. The molecule has 11 N–H and O–H groups in total. The highest BCUT2D eigenvalue weighted by atomic mass is 31.0. The van der Waals surface area contributed by atoms with E-state index in [1.807, 2.05) is 0 Å². The van der Waals surface area contributed by atoms with E-state index in [0.29, 0.717) is 4.57 Å². The van der Waals surface area contributed by atoms with Gasteiger partial charge >= 0.3 is 23.5 Å². The molecule has 46 heteroatoms. The number of aromatic carboxylic acids is 1. The number of aromatic nitrogens is 9. The Balaban J connectivity index is 0.000000724. The fourth-order valence-electron chi connectivity index (χ4n) is 11.4. The van der Waals surface area contributed by atoms with Gasteiger partial charge in [-0.1, -0.05) is 81.0 Å². The molecule has 5 fully saturated rings. The van der Waals surface area contributed by atoms with Crippen molar-refractivity contribution >= 4 is 179 Å². The number of aryl methyl sites for hydroxylation is 5. The summed E-state index contributed by atoms with van der Waals surface area (Å²) in [4.78, 5) is 265. The Kier molecular flexibility index (Phi) is 23.9. The monoisotopic (exact) mass is 1990 g/mol. The molecule has 5 aliphatic carbocycles. The van der Waals surface area contributed by atoms with Gasteiger partial charge in [0.1, 0.15) is 57.6 Å². The van der Waals surface area contributed by atoms with E-state index in [-0.39, 0.29) is 125 Å². The van der Waals surface area contributed by atoms with Crippen LogP contribution >= 0.6 is 9.03 Å². The molecule has 0 aliphatic heterocycles. The zero-order valence-corrected chi connectivity index (χ0v) is 68.3. The predicted octanol–water partition coefficient (Wildman–Crippen LogP) is 11.7. The summed E-state index contributed by atoms with van der Waals surface area (Å²) in [6, 6.07) is 5.54. The third-order valence-electron chi connectivity index (χ3n) is 16.9. The predicted molar refractivity (Wildman–Crippen MR) is 522 cm³/mol. The smallest absolute Gasteiger partial charge is 0.353 e. The summed E-state index contributed by atoms with van der Waals surface area (Å²) in [5.74, 6) is -22.3. The van der Waals surface area contributed by atoms with Crippen LogP contribution in [0.25, 0.3) is 54.5 Å². The molecule has 45 nitrogen and oxygen atoms in total. The number of fused-ring (bicyclic) bond motifs is 5. The maximum absolute atomic E-state index is 13.4. The Labute approximate surface area is 861 Å². The van der Waals surface area contributed by atoms with Crippen LogP contribution in [0.2, 0.25) is 8.47 Å². The highest BCUT2D eigenvalue weighted by Crippen LogP contribution is 2.32. The second kappa shape index (κ2) is 52.6. The van der Waals surface area contributed by atoms with Gasteiger partial charge in [0.05, 0.1) is 133 Å². The van der Waals surface area contributed by atoms with E-state index < -0.39 is 358 Å². The number of ketones is 10. The van der Waals surface area contributed by atoms with Gasteiger partial charge in [-0.2, -0.15) is 0 Å². The van der Waals surface area contributed by atoms with Crippen LogP contribution in [-0.2, 0) is 62.3 Å². The fraction of sp³-hybridized carbons (Fsp3) is 0.366. The van der Waals surface area contributed by atoms with Crippen molar-refractivity contribution in [1.82, 2.24) is 43.2 Å². The molecule has 16 rings (SSSR count). The number of ether oxygens (including phenoxy) is 1. The van der Waals surface area contributed by atoms with Gasteiger partial charge < -0.3 is 42.9 Å². The Morgan fingerprint density at radius 2 is 0.741 bits per heavy atom. The van der Waals surface area contributed by atoms with Gasteiger partial charge in [-0.25, -0.2) is 34.5 Å². The number of rotatable bonds is 11. The minimum Gasteiger partial charge on any atom is -0.477 e. The lowest BCUT2D eigenvalue weighted by atomic mass is 9.92. The minimum absolute atomic E-state index is 0. The molecule has 5 heterocycles. The van der Waals surface area contributed by atoms with Gasteiger partial charge in [0.2, 0.25) is 0 Å². The number of nitrogens with two attached hydrogens (primary N) is 5. The lowest BCUT2D eigenvalue weighted by Crippen LogP contribution is -2.36. The van der Waals surface area contributed by atoms with Crippen LogP contribution < -0.4 is 56.5 Å². The number of hydrogen-bond donors (Lipinski definition) is 6. The summed E-state index contributed by atoms with van der Waals surface area (Å²) in [6.45, 7) is -13.1. The molecular weight excluding hydrogens is 1830 g/mol. The fourth-order valence-corrected chi connectivity index (χ4v) is 11.4. The van der Waals surface area contributed by atoms with E-state index in [9.17, 15) is 117 Å². The molecule has 11 aromatic rings. The minimum atomic E-state index is -3.73. The second-order valence-electron chi connectivity index (χ2n) is 25.8.